The first-order chi connectivity index (χ1) is 7.68. The number of hydrogen-bond donors (Lipinski definition) is 2. The third-order valence-corrected chi connectivity index (χ3v) is 2.72. The van der Waals surface area contributed by atoms with Crippen LogP contribution in [0.15, 0.2) is 4.52 Å². The fourth-order valence-corrected chi connectivity index (χ4v) is 1.73. The van der Waals surface area contributed by atoms with E-state index >= 15 is 0 Å². The SMILES string of the molecule is CC(c1nc(C(N)=O)no1)N1CCNCC1. The molecule has 1 unspecified atom stereocenters. The van der Waals surface area contributed by atoms with E-state index in [0.29, 0.717) is 5.89 Å². The fourth-order valence-electron chi connectivity index (χ4n) is 1.73. The van der Waals surface area contributed by atoms with Crippen LogP contribution >= 0.6 is 0 Å². The van der Waals surface area contributed by atoms with Crippen LogP contribution in [0, 0.1) is 0 Å². The van der Waals surface area contributed by atoms with Crippen LogP contribution in [0.4, 0.5) is 0 Å². The zero-order chi connectivity index (χ0) is 11.5. The second kappa shape index (κ2) is 4.58. The van der Waals surface area contributed by atoms with Crippen LogP contribution in [0.2, 0.25) is 0 Å². The summed E-state index contributed by atoms with van der Waals surface area (Å²) in [6.45, 7) is 5.72. The number of nitrogens with zero attached hydrogens (tertiary/aromatic N) is 3. The Morgan fingerprint density at radius 1 is 1.56 bits per heavy atom. The Labute approximate surface area is 93.0 Å². The Morgan fingerprint density at radius 2 is 2.25 bits per heavy atom. The van der Waals surface area contributed by atoms with Crippen molar-refractivity contribution in [1.82, 2.24) is 20.4 Å². The van der Waals surface area contributed by atoms with Gasteiger partial charge < -0.3 is 15.6 Å². The van der Waals surface area contributed by atoms with Crippen molar-refractivity contribution in [2.45, 2.75) is 13.0 Å². The largest absolute Gasteiger partial charge is 0.363 e. The highest BCUT2D eigenvalue weighted by Gasteiger charge is 2.23. The van der Waals surface area contributed by atoms with E-state index in [2.05, 4.69) is 20.4 Å². The van der Waals surface area contributed by atoms with Gasteiger partial charge in [-0.25, -0.2) is 0 Å². The minimum absolute atomic E-state index is 0.0164. The molecular formula is C9H15N5O2. The van der Waals surface area contributed by atoms with E-state index in [4.69, 9.17) is 10.3 Å². The van der Waals surface area contributed by atoms with Gasteiger partial charge in [0.05, 0.1) is 6.04 Å². The number of nitrogens with two attached hydrogens (primary N) is 1. The van der Waals surface area contributed by atoms with E-state index < -0.39 is 5.91 Å². The summed E-state index contributed by atoms with van der Waals surface area (Å²) < 4.78 is 5.02. The number of amides is 1. The van der Waals surface area contributed by atoms with Gasteiger partial charge in [-0.15, -0.1) is 0 Å². The van der Waals surface area contributed by atoms with E-state index in [1.165, 1.54) is 0 Å². The van der Waals surface area contributed by atoms with Crippen molar-refractivity contribution in [3.63, 3.8) is 0 Å². The number of hydrogen-bond acceptors (Lipinski definition) is 6. The van der Waals surface area contributed by atoms with Gasteiger partial charge in [0, 0.05) is 26.2 Å². The topological polar surface area (TPSA) is 97.3 Å². The molecule has 0 bridgehead atoms. The Balaban J connectivity index is 2.07. The van der Waals surface area contributed by atoms with Gasteiger partial charge in [0.1, 0.15) is 0 Å². The quantitative estimate of drug-likeness (QED) is 0.694. The molecule has 7 heteroatoms. The molecule has 0 spiro atoms. The molecule has 1 aromatic heterocycles. The summed E-state index contributed by atoms with van der Waals surface area (Å²) in [5, 5.41) is 6.79. The zero-order valence-electron chi connectivity index (χ0n) is 9.14. The number of carbonyl (C=O) groups excluding carboxylic acids is 1. The van der Waals surface area contributed by atoms with Gasteiger partial charge in [-0.2, -0.15) is 4.98 Å². The molecule has 1 aliphatic rings. The third-order valence-electron chi connectivity index (χ3n) is 2.72. The fraction of sp³-hybridized carbons (Fsp3) is 0.667. The average molecular weight is 225 g/mol. The molecule has 1 saturated heterocycles. The highest BCUT2D eigenvalue weighted by Crippen LogP contribution is 2.18. The van der Waals surface area contributed by atoms with Gasteiger partial charge in [-0.05, 0) is 6.92 Å². The molecule has 0 saturated carbocycles. The smallest absolute Gasteiger partial charge is 0.290 e. The van der Waals surface area contributed by atoms with Gasteiger partial charge in [-0.3, -0.25) is 9.69 Å². The lowest BCUT2D eigenvalue weighted by Gasteiger charge is -2.30. The first kappa shape index (κ1) is 11.0. The molecule has 0 radical (unpaired) electrons. The van der Waals surface area contributed by atoms with Gasteiger partial charge >= 0.3 is 0 Å². The summed E-state index contributed by atoms with van der Waals surface area (Å²) in [5.41, 5.74) is 5.06. The summed E-state index contributed by atoms with van der Waals surface area (Å²) in [6, 6.07) is 0.0164. The zero-order valence-corrected chi connectivity index (χ0v) is 9.14. The summed E-state index contributed by atoms with van der Waals surface area (Å²) in [6.07, 6.45) is 0. The van der Waals surface area contributed by atoms with Gasteiger partial charge in [0.25, 0.3) is 11.7 Å². The summed E-state index contributed by atoms with van der Waals surface area (Å²) in [5.74, 6) is -0.282. The first-order valence-corrected chi connectivity index (χ1v) is 5.26. The van der Waals surface area contributed by atoms with Crippen LogP contribution in [-0.2, 0) is 0 Å². The van der Waals surface area contributed by atoms with E-state index in [0.717, 1.165) is 26.2 Å². The van der Waals surface area contributed by atoms with Crippen molar-refractivity contribution in [1.29, 1.82) is 0 Å². The lowest BCUT2D eigenvalue weighted by molar-refractivity contribution is 0.0987. The van der Waals surface area contributed by atoms with Crippen LogP contribution in [-0.4, -0.2) is 47.1 Å². The van der Waals surface area contributed by atoms with Crippen LogP contribution in [0.25, 0.3) is 0 Å². The van der Waals surface area contributed by atoms with Crippen molar-refractivity contribution >= 4 is 5.91 Å². The van der Waals surface area contributed by atoms with E-state index in [9.17, 15) is 4.79 Å². The van der Waals surface area contributed by atoms with Crippen LogP contribution in [0.3, 0.4) is 0 Å². The minimum Gasteiger partial charge on any atom is -0.363 e. The molecule has 2 rings (SSSR count). The van der Waals surface area contributed by atoms with Crippen LogP contribution in [0.5, 0.6) is 0 Å². The summed E-state index contributed by atoms with van der Waals surface area (Å²) >= 11 is 0. The van der Waals surface area contributed by atoms with E-state index in [1.807, 2.05) is 6.92 Å². The molecule has 88 valence electrons. The molecular weight excluding hydrogens is 210 g/mol. The lowest BCUT2D eigenvalue weighted by atomic mass is 10.2. The maximum Gasteiger partial charge on any atom is 0.290 e. The summed E-state index contributed by atoms with van der Waals surface area (Å²) in [4.78, 5) is 17.0. The monoisotopic (exact) mass is 225 g/mol. The number of aromatic nitrogens is 2. The first-order valence-electron chi connectivity index (χ1n) is 5.26. The standard InChI is InChI=1S/C9H15N5O2/c1-6(14-4-2-11-3-5-14)9-12-8(7(10)15)13-16-9/h6,11H,2-5H2,1H3,(H2,10,15). The van der Waals surface area contributed by atoms with E-state index in [-0.39, 0.29) is 11.9 Å². The Hall–Kier alpha value is -1.47. The van der Waals surface area contributed by atoms with Crippen LogP contribution < -0.4 is 11.1 Å². The minimum atomic E-state index is -0.664. The number of piperazine rings is 1. The molecule has 0 aliphatic carbocycles. The molecule has 0 aromatic carbocycles. The van der Waals surface area contributed by atoms with E-state index in [1.54, 1.807) is 0 Å². The lowest BCUT2D eigenvalue weighted by Crippen LogP contribution is -2.44. The van der Waals surface area contributed by atoms with Crippen LogP contribution in [0.1, 0.15) is 29.5 Å². The molecule has 1 amide bonds. The van der Waals surface area contributed by atoms with Crippen molar-refractivity contribution in [3.8, 4) is 0 Å². The van der Waals surface area contributed by atoms with Gasteiger partial charge in [0.2, 0.25) is 5.89 Å². The van der Waals surface area contributed by atoms with Crippen molar-refractivity contribution in [2.75, 3.05) is 26.2 Å². The molecule has 1 aromatic rings. The molecule has 3 N–H and O–H groups in total. The Bertz CT molecular complexity index is 372. The highest BCUT2D eigenvalue weighted by molar-refractivity contribution is 5.88. The van der Waals surface area contributed by atoms with Crippen molar-refractivity contribution in [3.05, 3.63) is 11.7 Å². The number of carbonyl (C=O) groups is 1. The average Bonchev–Trinajstić information content (AvgIpc) is 2.78. The normalized spacial score (nSPS) is 19.6. The second-order valence-electron chi connectivity index (χ2n) is 3.78. The summed E-state index contributed by atoms with van der Waals surface area (Å²) in [7, 11) is 0. The number of rotatable bonds is 3. The number of nitrogens with one attached hydrogen (secondary N) is 1. The van der Waals surface area contributed by atoms with Crippen molar-refractivity contribution in [2.24, 2.45) is 5.73 Å². The molecule has 1 aliphatic heterocycles. The highest BCUT2D eigenvalue weighted by atomic mass is 16.5. The van der Waals surface area contributed by atoms with Crippen molar-refractivity contribution < 1.29 is 9.32 Å². The Kier molecular flexibility index (Phi) is 3.16. The predicted octanol–water partition coefficient (Wildman–Crippen LogP) is -0.865. The predicted molar refractivity (Wildman–Crippen MR) is 55.7 cm³/mol. The molecule has 1 atom stereocenters. The molecule has 7 nitrogen and oxygen atoms in total. The molecule has 2 heterocycles. The Morgan fingerprint density at radius 3 is 2.81 bits per heavy atom. The number of primary amides is 1. The van der Waals surface area contributed by atoms with Gasteiger partial charge in [0.15, 0.2) is 0 Å². The maximum absolute atomic E-state index is 10.8. The molecule has 16 heavy (non-hydrogen) atoms. The third kappa shape index (κ3) is 2.20. The maximum atomic E-state index is 10.8. The second-order valence-corrected chi connectivity index (χ2v) is 3.78. The van der Waals surface area contributed by atoms with Gasteiger partial charge in [-0.1, -0.05) is 5.16 Å². The molecule has 1 fully saturated rings.